The minimum absolute atomic E-state index is 0.255. The second kappa shape index (κ2) is 5.07. The molecule has 0 spiro atoms. The highest BCUT2D eigenvalue weighted by molar-refractivity contribution is 14.1. The van der Waals surface area contributed by atoms with Crippen LogP contribution in [-0.2, 0) is 0 Å². The van der Waals surface area contributed by atoms with Crippen LogP contribution in [0.2, 0.25) is 5.02 Å². The Kier molecular flexibility index (Phi) is 3.32. The number of hydrogen-bond donors (Lipinski definition) is 0. The van der Waals surface area contributed by atoms with Gasteiger partial charge in [0.25, 0.3) is 0 Å². The van der Waals surface area contributed by atoms with E-state index < -0.39 is 0 Å². The van der Waals surface area contributed by atoms with Gasteiger partial charge < -0.3 is 0 Å². The standard InChI is InChI=1S/C17H14ClIN2/c1-10-20-15(11-4-8-14(19)9-5-11)17-16(21(10)17)12-2-6-13(18)7-3-12/h2-10,16-17H,1H3/t10-,16+,17-,21?/m1/s1. The van der Waals surface area contributed by atoms with Gasteiger partial charge in [-0.05, 0) is 64.9 Å². The molecule has 2 aliphatic rings. The molecular weight excluding hydrogens is 395 g/mol. The van der Waals surface area contributed by atoms with Crippen LogP contribution in [0.5, 0.6) is 0 Å². The predicted molar refractivity (Wildman–Crippen MR) is 95.0 cm³/mol. The van der Waals surface area contributed by atoms with Crippen LogP contribution in [-0.4, -0.2) is 22.8 Å². The largest absolute Gasteiger partial charge is 0.269 e. The maximum Gasteiger partial charge on any atom is 0.101 e. The van der Waals surface area contributed by atoms with Gasteiger partial charge in [-0.15, -0.1) is 0 Å². The molecule has 2 heterocycles. The van der Waals surface area contributed by atoms with Gasteiger partial charge in [-0.2, -0.15) is 0 Å². The quantitative estimate of drug-likeness (QED) is 0.527. The number of benzene rings is 2. The molecule has 0 radical (unpaired) electrons. The third-order valence-electron chi connectivity index (χ3n) is 4.24. The number of halogens is 2. The molecule has 0 saturated carbocycles. The molecule has 4 atom stereocenters. The molecule has 4 heteroatoms. The molecule has 2 aromatic carbocycles. The molecule has 1 fully saturated rings. The van der Waals surface area contributed by atoms with Crippen molar-refractivity contribution in [3.63, 3.8) is 0 Å². The van der Waals surface area contributed by atoms with Crippen molar-refractivity contribution in [2.45, 2.75) is 25.2 Å². The molecule has 0 aliphatic carbocycles. The Bertz CT molecular complexity index is 709. The molecule has 4 rings (SSSR count). The van der Waals surface area contributed by atoms with E-state index >= 15 is 0 Å². The summed E-state index contributed by atoms with van der Waals surface area (Å²) in [5.74, 6) is 0. The van der Waals surface area contributed by atoms with E-state index in [9.17, 15) is 0 Å². The van der Waals surface area contributed by atoms with Crippen molar-refractivity contribution >= 4 is 39.9 Å². The van der Waals surface area contributed by atoms with Gasteiger partial charge in [-0.25, -0.2) is 0 Å². The molecule has 0 aromatic heterocycles. The molecule has 2 nitrogen and oxygen atoms in total. The van der Waals surface area contributed by atoms with E-state index in [1.165, 1.54) is 20.4 Å². The predicted octanol–water partition coefficient (Wildman–Crippen LogP) is 4.52. The van der Waals surface area contributed by atoms with Crippen LogP contribution in [0.25, 0.3) is 0 Å². The average molecular weight is 409 g/mol. The lowest BCUT2D eigenvalue weighted by molar-refractivity contribution is 0.419. The second-order valence-electron chi connectivity index (χ2n) is 5.54. The molecule has 1 unspecified atom stereocenters. The zero-order valence-electron chi connectivity index (χ0n) is 11.5. The Balaban J connectivity index is 1.65. The third kappa shape index (κ3) is 2.31. The van der Waals surface area contributed by atoms with Crippen LogP contribution in [0.1, 0.15) is 24.1 Å². The summed E-state index contributed by atoms with van der Waals surface area (Å²) in [6, 6.07) is 17.7. The van der Waals surface area contributed by atoms with Crippen LogP contribution >= 0.6 is 34.2 Å². The summed E-state index contributed by atoms with van der Waals surface area (Å²) >= 11 is 8.32. The Morgan fingerprint density at radius 1 is 1.00 bits per heavy atom. The Labute approximate surface area is 143 Å². The van der Waals surface area contributed by atoms with Gasteiger partial charge in [0.1, 0.15) is 6.17 Å². The van der Waals surface area contributed by atoms with E-state index in [0.717, 1.165) is 5.02 Å². The maximum absolute atomic E-state index is 5.99. The van der Waals surface area contributed by atoms with Gasteiger partial charge in [0.05, 0.1) is 17.8 Å². The van der Waals surface area contributed by atoms with Crippen LogP contribution in [0.15, 0.2) is 53.5 Å². The van der Waals surface area contributed by atoms with Crippen molar-refractivity contribution in [2.24, 2.45) is 4.99 Å². The Morgan fingerprint density at radius 2 is 1.67 bits per heavy atom. The molecule has 106 valence electrons. The number of rotatable bonds is 2. The minimum atomic E-state index is 0.255. The fraction of sp³-hybridized carbons (Fsp3) is 0.235. The van der Waals surface area contributed by atoms with Crippen LogP contribution < -0.4 is 0 Å². The monoisotopic (exact) mass is 408 g/mol. The van der Waals surface area contributed by atoms with E-state index in [2.05, 4.69) is 70.8 Å². The van der Waals surface area contributed by atoms with Gasteiger partial charge in [0.15, 0.2) is 0 Å². The summed E-state index contributed by atoms with van der Waals surface area (Å²) in [4.78, 5) is 7.28. The van der Waals surface area contributed by atoms with Gasteiger partial charge in [-0.3, -0.25) is 9.89 Å². The van der Waals surface area contributed by atoms with E-state index in [1.54, 1.807) is 0 Å². The number of hydrogen-bond acceptors (Lipinski definition) is 2. The van der Waals surface area contributed by atoms with Crippen LogP contribution in [0, 0.1) is 3.57 Å². The molecule has 1 saturated heterocycles. The summed E-state index contributed by atoms with van der Waals surface area (Å²) in [6.07, 6.45) is 0.255. The van der Waals surface area contributed by atoms with Crippen molar-refractivity contribution in [1.29, 1.82) is 0 Å². The van der Waals surface area contributed by atoms with Crippen LogP contribution in [0.4, 0.5) is 0 Å². The lowest BCUT2D eigenvalue weighted by Gasteiger charge is -2.09. The summed E-state index contributed by atoms with van der Waals surface area (Å²) in [6.45, 7) is 2.17. The minimum Gasteiger partial charge on any atom is -0.269 e. The first-order valence-corrected chi connectivity index (χ1v) is 8.47. The molecule has 0 amide bonds. The second-order valence-corrected chi connectivity index (χ2v) is 7.22. The molecular formula is C17H14ClIN2. The topological polar surface area (TPSA) is 15.4 Å². The molecule has 2 aromatic rings. The van der Waals surface area contributed by atoms with Crippen molar-refractivity contribution in [2.75, 3.05) is 0 Å². The average Bonchev–Trinajstić information content (AvgIpc) is 3.13. The zero-order valence-corrected chi connectivity index (χ0v) is 14.4. The molecule has 2 aliphatic heterocycles. The number of nitrogens with zero attached hydrogens (tertiary/aromatic N) is 2. The normalized spacial score (nSPS) is 30.0. The zero-order chi connectivity index (χ0) is 14.6. The third-order valence-corrected chi connectivity index (χ3v) is 5.21. The van der Waals surface area contributed by atoms with Gasteiger partial charge >= 0.3 is 0 Å². The highest BCUT2D eigenvalue weighted by Gasteiger charge is 2.57. The van der Waals surface area contributed by atoms with Crippen molar-refractivity contribution < 1.29 is 0 Å². The molecule has 0 bridgehead atoms. The van der Waals surface area contributed by atoms with E-state index in [-0.39, 0.29) is 6.17 Å². The lowest BCUT2D eigenvalue weighted by atomic mass is 10.0. The number of aliphatic imine (C=N–C) groups is 1. The molecule has 21 heavy (non-hydrogen) atoms. The van der Waals surface area contributed by atoms with Crippen LogP contribution in [0.3, 0.4) is 0 Å². The van der Waals surface area contributed by atoms with E-state index in [4.69, 9.17) is 16.6 Å². The summed E-state index contributed by atoms with van der Waals surface area (Å²) in [7, 11) is 0. The fourth-order valence-corrected chi connectivity index (χ4v) is 3.71. The Hall–Kier alpha value is -0.910. The molecule has 0 N–H and O–H groups in total. The SMILES string of the molecule is C[C@@H]1N=C(c2ccc(I)cc2)[C@@H]2[C@H](c3ccc(Cl)cc3)N12. The fourth-order valence-electron chi connectivity index (χ4n) is 3.23. The number of fused-ring (bicyclic) bond motifs is 1. The van der Waals surface area contributed by atoms with Gasteiger partial charge in [0, 0.05) is 8.59 Å². The highest BCUT2D eigenvalue weighted by Crippen LogP contribution is 2.50. The van der Waals surface area contributed by atoms with Crippen molar-refractivity contribution in [1.82, 2.24) is 4.90 Å². The first kappa shape index (κ1) is 13.7. The summed E-state index contributed by atoms with van der Waals surface area (Å²) in [5.41, 5.74) is 3.79. The Morgan fingerprint density at radius 3 is 2.33 bits per heavy atom. The van der Waals surface area contributed by atoms with Gasteiger partial charge in [-0.1, -0.05) is 35.9 Å². The summed E-state index contributed by atoms with van der Waals surface area (Å²) in [5, 5.41) is 0.791. The van der Waals surface area contributed by atoms with E-state index in [0.29, 0.717) is 12.1 Å². The maximum atomic E-state index is 5.99. The highest BCUT2D eigenvalue weighted by atomic mass is 127. The van der Waals surface area contributed by atoms with Crippen molar-refractivity contribution in [3.05, 3.63) is 68.3 Å². The van der Waals surface area contributed by atoms with Gasteiger partial charge in [0.2, 0.25) is 0 Å². The smallest absolute Gasteiger partial charge is 0.101 e. The summed E-state index contributed by atoms with van der Waals surface area (Å²) < 4.78 is 1.25. The first-order valence-electron chi connectivity index (χ1n) is 7.02. The lowest BCUT2D eigenvalue weighted by Crippen LogP contribution is -2.09. The van der Waals surface area contributed by atoms with Crippen molar-refractivity contribution in [3.8, 4) is 0 Å². The first-order chi connectivity index (χ1) is 10.1. The van der Waals surface area contributed by atoms with E-state index in [1.807, 2.05) is 12.1 Å².